The highest BCUT2D eigenvalue weighted by atomic mass is 32.2. The van der Waals surface area contributed by atoms with E-state index in [1.807, 2.05) is 29.2 Å². The van der Waals surface area contributed by atoms with E-state index in [0.717, 1.165) is 24.3 Å². The summed E-state index contributed by atoms with van der Waals surface area (Å²) in [5, 5.41) is 0. The van der Waals surface area contributed by atoms with Gasteiger partial charge in [0.05, 0.1) is 4.90 Å². The quantitative estimate of drug-likeness (QED) is 0.585. The number of rotatable bonds is 8. The zero-order valence-electron chi connectivity index (χ0n) is 18.1. The normalized spacial score (nSPS) is 14.3. The molecule has 0 N–H and O–H groups in total. The number of nitrogens with zero attached hydrogens (tertiary/aromatic N) is 2. The van der Waals surface area contributed by atoms with Crippen LogP contribution >= 0.6 is 0 Å². The van der Waals surface area contributed by atoms with E-state index >= 15 is 0 Å². The molecule has 0 fully saturated rings. The largest absolute Gasteiger partial charge is 0.490 e. The molecule has 0 unspecified atom stereocenters. The summed E-state index contributed by atoms with van der Waals surface area (Å²) in [6.45, 7) is 3.71. The average Bonchev–Trinajstić information content (AvgIpc) is 2.77. The molecule has 0 radical (unpaired) electrons. The number of carbonyl (C=O) groups is 1. The fraction of sp³-hybridized carbons (Fsp3) is 0.348. The van der Waals surface area contributed by atoms with Crippen LogP contribution in [0.25, 0.3) is 5.57 Å². The molecule has 31 heavy (non-hydrogen) atoms. The first-order valence-corrected chi connectivity index (χ1v) is 11.5. The minimum atomic E-state index is -3.44. The third kappa shape index (κ3) is 5.86. The SMILES string of the molecule is CC(=O)N1CC=C(c2ccc(OCCOc3ccc(S(=O)(=O)N(C)C)cc3)cc2)CC1. The van der Waals surface area contributed by atoms with Gasteiger partial charge in [-0.05, 0) is 54.0 Å². The lowest BCUT2D eigenvalue weighted by atomic mass is 9.99. The molecular weight excluding hydrogens is 416 g/mol. The maximum absolute atomic E-state index is 12.1. The van der Waals surface area contributed by atoms with Crippen molar-refractivity contribution < 1.29 is 22.7 Å². The van der Waals surface area contributed by atoms with Crippen LogP contribution in [0.2, 0.25) is 0 Å². The Morgan fingerprint density at radius 2 is 1.52 bits per heavy atom. The van der Waals surface area contributed by atoms with Gasteiger partial charge in [0.25, 0.3) is 0 Å². The van der Waals surface area contributed by atoms with E-state index in [4.69, 9.17) is 9.47 Å². The number of sulfonamides is 1. The third-order valence-corrected chi connectivity index (χ3v) is 6.93. The van der Waals surface area contributed by atoms with Gasteiger partial charge in [-0.3, -0.25) is 4.79 Å². The van der Waals surface area contributed by atoms with Gasteiger partial charge >= 0.3 is 0 Å². The lowest BCUT2D eigenvalue weighted by molar-refractivity contribution is -0.128. The molecule has 0 atom stereocenters. The third-order valence-electron chi connectivity index (χ3n) is 5.10. The first-order valence-electron chi connectivity index (χ1n) is 10.1. The molecule has 2 aromatic rings. The van der Waals surface area contributed by atoms with Crippen molar-refractivity contribution in [2.45, 2.75) is 18.2 Å². The summed E-state index contributed by atoms with van der Waals surface area (Å²) >= 11 is 0. The maximum Gasteiger partial charge on any atom is 0.242 e. The molecule has 1 aliphatic rings. The smallest absolute Gasteiger partial charge is 0.242 e. The van der Waals surface area contributed by atoms with E-state index < -0.39 is 10.0 Å². The molecule has 8 heteroatoms. The Kier molecular flexibility index (Phi) is 7.35. The van der Waals surface area contributed by atoms with Crippen molar-refractivity contribution in [1.82, 2.24) is 9.21 Å². The van der Waals surface area contributed by atoms with Crippen molar-refractivity contribution >= 4 is 21.5 Å². The van der Waals surface area contributed by atoms with Gasteiger partial charge in [-0.1, -0.05) is 18.2 Å². The Balaban J connectivity index is 1.46. The molecule has 3 rings (SSSR count). The molecule has 1 heterocycles. The first-order chi connectivity index (χ1) is 14.8. The highest BCUT2D eigenvalue weighted by Crippen LogP contribution is 2.24. The molecule has 0 saturated carbocycles. The van der Waals surface area contributed by atoms with Crippen LogP contribution in [0.1, 0.15) is 18.9 Å². The zero-order valence-corrected chi connectivity index (χ0v) is 18.9. The maximum atomic E-state index is 12.1. The fourth-order valence-electron chi connectivity index (χ4n) is 3.22. The lowest BCUT2D eigenvalue weighted by Crippen LogP contribution is -2.32. The van der Waals surface area contributed by atoms with Crippen LogP contribution in [0.5, 0.6) is 11.5 Å². The lowest BCUT2D eigenvalue weighted by Gasteiger charge is -2.25. The number of benzene rings is 2. The molecule has 1 aliphatic heterocycles. The van der Waals surface area contributed by atoms with Crippen LogP contribution in [0.3, 0.4) is 0 Å². The van der Waals surface area contributed by atoms with Gasteiger partial charge in [-0.15, -0.1) is 0 Å². The molecule has 0 aliphatic carbocycles. The zero-order chi connectivity index (χ0) is 22.4. The summed E-state index contributed by atoms with van der Waals surface area (Å²) in [6, 6.07) is 14.2. The van der Waals surface area contributed by atoms with Crippen molar-refractivity contribution in [3.8, 4) is 11.5 Å². The van der Waals surface area contributed by atoms with Crippen molar-refractivity contribution in [1.29, 1.82) is 0 Å². The number of ether oxygens (including phenoxy) is 2. The highest BCUT2D eigenvalue weighted by molar-refractivity contribution is 7.89. The van der Waals surface area contributed by atoms with E-state index in [9.17, 15) is 13.2 Å². The molecule has 0 spiro atoms. The Hall–Kier alpha value is -2.84. The predicted molar refractivity (Wildman–Crippen MR) is 120 cm³/mol. The molecule has 2 aromatic carbocycles. The molecule has 1 amide bonds. The molecular formula is C23H28N2O5S. The fourth-order valence-corrected chi connectivity index (χ4v) is 4.12. The van der Waals surface area contributed by atoms with Gasteiger partial charge in [0.15, 0.2) is 0 Å². The predicted octanol–water partition coefficient (Wildman–Crippen LogP) is 3.03. The second kappa shape index (κ2) is 9.98. The van der Waals surface area contributed by atoms with Crippen LogP contribution < -0.4 is 9.47 Å². The Morgan fingerprint density at radius 3 is 1.97 bits per heavy atom. The first kappa shape index (κ1) is 22.8. The van der Waals surface area contributed by atoms with E-state index in [1.165, 1.54) is 36.1 Å². The van der Waals surface area contributed by atoms with Gasteiger partial charge in [0, 0.05) is 34.1 Å². The standard InChI is InChI=1S/C23H28N2O5S/c1-18(26)25-14-12-20(13-15-25)19-4-6-21(7-5-19)29-16-17-30-22-8-10-23(11-9-22)31(27,28)24(2)3/h4-12H,13-17H2,1-3H3. The average molecular weight is 445 g/mol. The van der Waals surface area contributed by atoms with E-state index in [-0.39, 0.29) is 10.8 Å². The van der Waals surface area contributed by atoms with Crippen LogP contribution in [0.4, 0.5) is 0 Å². The van der Waals surface area contributed by atoms with E-state index in [0.29, 0.717) is 25.5 Å². The van der Waals surface area contributed by atoms with Crippen molar-refractivity contribution in [2.24, 2.45) is 0 Å². The van der Waals surface area contributed by atoms with Gasteiger partial charge < -0.3 is 14.4 Å². The van der Waals surface area contributed by atoms with Crippen LogP contribution in [-0.2, 0) is 14.8 Å². The summed E-state index contributed by atoms with van der Waals surface area (Å²) < 4.78 is 36.7. The monoisotopic (exact) mass is 444 g/mol. The second-order valence-corrected chi connectivity index (χ2v) is 9.58. The van der Waals surface area contributed by atoms with Crippen molar-refractivity contribution in [3.05, 3.63) is 60.2 Å². The molecule has 7 nitrogen and oxygen atoms in total. The minimum absolute atomic E-state index is 0.107. The molecule has 166 valence electrons. The van der Waals surface area contributed by atoms with Gasteiger partial charge in [-0.2, -0.15) is 0 Å². The Bertz CT molecular complexity index is 1030. The van der Waals surface area contributed by atoms with E-state index in [2.05, 4.69) is 6.08 Å². The summed E-state index contributed by atoms with van der Waals surface area (Å²) in [5.41, 5.74) is 2.38. The summed E-state index contributed by atoms with van der Waals surface area (Å²) in [6.07, 6.45) is 2.95. The van der Waals surface area contributed by atoms with Gasteiger partial charge in [-0.25, -0.2) is 12.7 Å². The van der Waals surface area contributed by atoms with Crippen molar-refractivity contribution in [3.63, 3.8) is 0 Å². The number of carbonyl (C=O) groups excluding carboxylic acids is 1. The summed E-state index contributed by atoms with van der Waals surface area (Å²) in [7, 11) is -0.446. The molecule has 0 aromatic heterocycles. The van der Waals surface area contributed by atoms with Gasteiger partial charge in [0.2, 0.25) is 15.9 Å². The van der Waals surface area contributed by atoms with Crippen LogP contribution in [-0.4, -0.2) is 63.9 Å². The van der Waals surface area contributed by atoms with E-state index in [1.54, 1.807) is 19.1 Å². The highest BCUT2D eigenvalue weighted by Gasteiger charge is 2.17. The minimum Gasteiger partial charge on any atom is -0.490 e. The topological polar surface area (TPSA) is 76.1 Å². The molecule has 0 saturated heterocycles. The van der Waals surface area contributed by atoms with Gasteiger partial charge in [0.1, 0.15) is 24.7 Å². The van der Waals surface area contributed by atoms with Crippen LogP contribution in [0.15, 0.2) is 59.5 Å². The number of hydrogen-bond donors (Lipinski definition) is 0. The second-order valence-electron chi connectivity index (χ2n) is 7.42. The Labute approximate surface area is 183 Å². The summed E-state index contributed by atoms with van der Waals surface area (Å²) in [5.74, 6) is 1.44. The Morgan fingerprint density at radius 1 is 0.968 bits per heavy atom. The summed E-state index contributed by atoms with van der Waals surface area (Å²) in [4.78, 5) is 13.5. The van der Waals surface area contributed by atoms with Crippen LogP contribution in [0, 0.1) is 0 Å². The number of amides is 1. The number of hydrogen-bond acceptors (Lipinski definition) is 5. The molecule has 0 bridgehead atoms. The van der Waals surface area contributed by atoms with Crippen molar-refractivity contribution in [2.75, 3.05) is 40.4 Å².